The summed E-state index contributed by atoms with van der Waals surface area (Å²) >= 11 is 6.05. The number of carbonyl (C=O) groups excluding carboxylic acids is 1. The predicted octanol–water partition coefficient (Wildman–Crippen LogP) is 4.92. The Morgan fingerprint density at radius 2 is 1.83 bits per heavy atom. The molecule has 0 aliphatic carbocycles. The van der Waals surface area contributed by atoms with Crippen LogP contribution in [-0.4, -0.2) is 43.2 Å². The normalized spacial score (nSPS) is 16.3. The molecule has 0 spiro atoms. The van der Waals surface area contributed by atoms with E-state index in [1.807, 2.05) is 44.2 Å². The Balaban J connectivity index is 1.55. The molecule has 1 saturated heterocycles. The van der Waals surface area contributed by atoms with Crippen LogP contribution in [0.25, 0.3) is 0 Å². The molecule has 156 valence electrons. The number of ether oxygens (including phenoxy) is 2. The predicted molar refractivity (Wildman–Crippen MR) is 117 cm³/mol. The lowest BCUT2D eigenvalue weighted by atomic mass is 10.1. The van der Waals surface area contributed by atoms with Gasteiger partial charge in [0.05, 0.1) is 0 Å². The second-order valence-corrected chi connectivity index (χ2v) is 7.97. The van der Waals surface area contributed by atoms with Crippen molar-refractivity contribution in [1.82, 2.24) is 4.90 Å². The number of nitrogens with zero attached hydrogens (tertiary/aromatic N) is 1. The first-order valence-electron chi connectivity index (χ1n) is 10.1. The van der Waals surface area contributed by atoms with Crippen molar-refractivity contribution >= 4 is 23.2 Å². The third kappa shape index (κ3) is 6.12. The van der Waals surface area contributed by atoms with Crippen LogP contribution in [0.3, 0.4) is 0 Å². The Hall–Kier alpha value is -2.24. The number of nitrogens with one attached hydrogen (secondary N) is 1. The highest BCUT2D eigenvalue weighted by atomic mass is 35.5. The maximum atomic E-state index is 12.6. The second kappa shape index (κ2) is 9.99. The molecule has 0 bridgehead atoms. The Kier molecular flexibility index (Phi) is 7.40. The van der Waals surface area contributed by atoms with Crippen molar-refractivity contribution in [3.8, 4) is 11.5 Å². The minimum absolute atomic E-state index is 0.177. The van der Waals surface area contributed by atoms with Gasteiger partial charge in [-0.05, 0) is 81.3 Å². The van der Waals surface area contributed by atoms with Gasteiger partial charge in [-0.25, -0.2) is 0 Å². The second-order valence-electron chi connectivity index (χ2n) is 7.56. The van der Waals surface area contributed by atoms with Gasteiger partial charge in [-0.1, -0.05) is 18.5 Å². The molecule has 1 heterocycles. The molecule has 1 atom stereocenters. The third-order valence-electron chi connectivity index (χ3n) is 5.16. The molecule has 1 amide bonds. The standard InChI is InChI=1S/C23H29ClN2O3/c1-4-22(29-20-9-10-21(24)16(2)15-20)23(27)25-17-5-7-18(8-6-17)28-19-11-13-26(3)14-12-19/h5-10,15,19,22H,4,11-14H2,1-3H3,(H,25,27)/t22-/m1/s1. The topological polar surface area (TPSA) is 50.8 Å². The molecule has 1 aliphatic heterocycles. The van der Waals surface area contributed by atoms with Crippen molar-refractivity contribution in [3.05, 3.63) is 53.1 Å². The average Bonchev–Trinajstić information content (AvgIpc) is 2.72. The molecule has 1 fully saturated rings. The molecule has 29 heavy (non-hydrogen) atoms. The van der Waals surface area contributed by atoms with Crippen LogP contribution in [0.5, 0.6) is 11.5 Å². The average molecular weight is 417 g/mol. The Morgan fingerprint density at radius 3 is 2.45 bits per heavy atom. The number of rotatable bonds is 7. The van der Waals surface area contributed by atoms with E-state index in [0.29, 0.717) is 17.2 Å². The number of amides is 1. The summed E-state index contributed by atoms with van der Waals surface area (Å²) in [7, 11) is 2.13. The molecule has 0 radical (unpaired) electrons. The summed E-state index contributed by atoms with van der Waals surface area (Å²) in [6.45, 7) is 5.95. The largest absolute Gasteiger partial charge is 0.490 e. The molecule has 3 rings (SSSR count). The number of aryl methyl sites for hydroxylation is 1. The smallest absolute Gasteiger partial charge is 0.265 e. The van der Waals surface area contributed by atoms with E-state index < -0.39 is 6.10 Å². The van der Waals surface area contributed by atoms with Crippen LogP contribution in [0, 0.1) is 6.92 Å². The Labute approximate surface area is 177 Å². The summed E-state index contributed by atoms with van der Waals surface area (Å²) in [6, 6.07) is 12.9. The highest BCUT2D eigenvalue weighted by molar-refractivity contribution is 6.31. The molecule has 1 N–H and O–H groups in total. The van der Waals surface area contributed by atoms with Gasteiger partial charge in [0.1, 0.15) is 17.6 Å². The van der Waals surface area contributed by atoms with E-state index in [4.69, 9.17) is 21.1 Å². The van der Waals surface area contributed by atoms with Crippen LogP contribution in [0.1, 0.15) is 31.7 Å². The third-order valence-corrected chi connectivity index (χ3v) is 5.59. The van der Waals surface area contributed by atoms with E-state index >= 15 is 0 Å². The molecule has 1 aliphatic rings. The molecule has 5 nitrogen and oxygen atoms in total. The lowest BCUT2D eigenvalue weighted by Crippen LogP contribution is -2.35. The minimum atomic E-state index is -0.578. The summed E-state index contributed by atoms with van der Waals surface area (Å²) in [5.74, 6) is 1.29. The first-order valence-corrected chi connectivity index (χ1v) is 10.5. The van der Waals surface area contributed by atoms with Crippen LogP contribution in [0.4, 0.5) is 5.69 Å². The highest BCUT2D eigenvalue weighted by Gasteiger charge is 2.20. The van der Waals surface area contributed by atoms with E-state index in [1.54, 1.807) is 12.1 Å². The first-order chi connectivity index (χ1) is 13.9. The summed E-state index contributed by atoms with van der Waals surface area (Å²) < 4.78 is 11.9. The summed E-state index contributed by atoms with van der Waals surface area (Å²) in [4.78, 5) is 14.9. The zero-order valence-electron chi connectivity index (χ0n) is 17.3. The molecular weight excluding hydrogens is 388 g/mol. The van der Waals surface area contributed by atoms with E-state index in [0.717, 1.165) is 42.9 Å². The van der Waals surface area contributed by atoms with Gasteiger partial charge < -0.3 is 19.7 Å². The number of halogens is 1. The fourth-order valence-corrected chi connectivity index (χ4v) is 3.43. The Bertz CT molecular complexity index is 817. The van der Waals surface area contributed by atoms with Crippen molar-refractivity contribution in [2.75, 3.05) is 25.5 Å². The number of hydrogen-bond acceptors (Lipinski definition) is 4. The fraction of sp³-hybridized carbons (Fsp3) is 0.435. The molecule has 2 aromatic rings. The fourth-order valence-electron chi connectivity index (χ4n) is 3.31. The zero-order valence-corrected chi connectivity index (χ0v) is 18.0. The summed E-state index contributed by atoms with van der Waals surface area (Å²) in [6.07, 6.45) is 2.31. The molecule has 0 aromatic heterocycles. The van der Waals surface area contributed by atoms with E-state index in [-0.39, 0.29) is 12.0 Å². The van der Waals surface area contributed by atoms with Crippen LogP contribution in [-0.2, 0) is 4.79 Å². The number of piperidine rings is 1. The molecule has 2 aromatic carbocycles. The van der Waals surface area contributed by atoms with Gasteiger partial charge in [0, 0.05) is 23.8 Å². The van der Waals surface area contributed by atoms with Crippen molar-refractivity contribution in [2.45, 2.75) is 45.3 Å². The van der Waals surface area contributed by atoms with Gasteiger partial charge in [0.15, 0.2) is 6.10 Å². The molecule has 6 heteroatoms. The molecule has 0 unspecified atom stereocenters. The van der Waals surface area contributed by atoms with Gasteiger partial charge in [-0.2, -0.15) is 0 Å². The number of carbonyl (C=O) groups is 1. The van der Waals surface area contributed by atoms with Crippen LogP contribution in [0.2, 0.25) is 5.02 Å². The Morgan fingerprint density at radius 1 is 1.17 bits per heavy atom. The SMILES string of the molecule is CC[C@@H](Oc1ccc(Cl)c(C)c1)C(=O)Nc1ccc(OC2CCN(C)CC2)cc1. The number of hydrogen-bond donors (Lipinski definition) is 1. The van der Waals surface area contributed by atoms with Crippen molar-refractivity contribution in [1.29, 1.82) is 0 Å². The minimum Gasteiger partial charge on any atom is -0.490 e. The highest BCUT2D eigenvalue weighted by Crippen LogP contribution is 2.24. The van der Waals surface area contributed by atoms with Crippen molar-refractivity contribution in [2.24, 2.45) is 0 Å². The maximum absolute atomic E-state index is 12.6. The molecular formula is C23H29ClN2O3. The van der Waals surface area contributed by atoms with Gasteiger partial charge in [0.2, 0.25) is 0 Å². The monoisotopic (exact) mass is 416 g/mol. The zero-order chi connectivity index (χ0) is 20.8. The molecule has 0 saturated carbocycles. The van der Waals surface area contributed by atoms with Gasteiger partial charge in [-0.15, -0.1) is 0 Å². The quantitative estimate of drug-likeness (QED) is 0.696. The lowest BCUT2D eigenvalue weighted by molar-refractivity contribution is -0.122. The lowest BCUT2D eigenvalue weighted by Gasteiger charge is -2.29. The van der Waals surface area contributed by atoms with E-state index in [9.17, 15) is 4.79 Å². The van der Waals surface area contributed by atoms with E-state index in [1.165, 1.54) is 0 Å². The summed E-state index contributed by atoms with van der Waals surface area (Å²) in [5.41, 5.74) is 1.64. The maximum Gasteiger partial charge on any atom is 0.265 e. The number of benzene rings is 2. The van der Waals surface area contributed by atoms with Crippen molar-refractivity contribution in [3.63, 3.8) is 0 Å². The number of anilines is 1. The number of likely N-dealkylation sites (tertiary alicyclic amines) is 1. The van der Waals surface area contributed by atoms with Crippen LogP contribution >= 0.6 is 11.6 Å². The van der Waals surface area contributed by atoms with Crippen LogP contribution < -0.4 is 14.8 Å². The van der Waals surface area contributed by atoms with Gasteiger partial charge in [0.25, 0.3) is 5.91 Å². The van der Waals surface area contributed by atoms with Gasteiger partial charge >= 0.3 is 0 Å². The first kappa shape index (κ1) is 21.5. The van der Waals surface area contributed by atoms with Crippen LogP contribution in [0.15, 0.2) is 42.5 Å². The summed E-state index contributed by atoms with van der Waals surface area (Å²) in [5, 5.41) is 3.60. The van der Waals surface area contributed by atoms with E-state index in [2.05, 4.69) is 17.3 Å². The van der Waals surface area contributed by atoms with Crippen molar-refractivity contribution < 1.29 is 14.3 Å². The van der Waals surface area contributed by atoms with Gasteiger partial charge in [-0.3, -0.25) is 4.79 Å².